The number of hydrogen-bond donors (Lipinski definition) is 0. The molecule has 242 valence electrons. The molecule has 3 rings (SSSR count). The number of aromatic nitrogens is 1. The van der Waals surface area contributed by atoms with Gasteiger partial charge in [-0.1, -0.05) is 71.9 Å². The summed E-state index contributed by atoms with van der Waals surface area (Å²) >= 11 is 0. The highest BCUT2D eigenvalue weighted by molar-refractivity contribution is 5.84. The van der Waals surface area contributed by atoms with E-state index in [9.17, 15) is 22.8 Å². The van der Waals surface area contributed by atoms with Crippen LogP contribution in [-0.2, 0) is 15.7 Å². The van der Waals surface area contributed by atoms with Crippen molar-refractivity contribution in [2.45, 2.75) is 99.1 Å². The van der Waals surface area contributed by atoms with E-state index in [2.05, 4.69) is 32.7 Å². The van der Waals surface area contributed by atoms with E-state index in [-0.39, 0.29) is 34.3 Å². The molecule has 2 aromatic heterocycles. The van der Waals surface area contributed by atoms with Gasteiger partial charge in [-0.05, 0) is 74.3 Å². The van der Waals surface area contributed by atoms with Crippen molar-refractivity contribution in [3.8, 4) is 17.0 Å². The van der Waals surface area contributed by atoms with Crippen LogP contribution in [0.15, 0.2) is 51.8 Å². The predicted molar refractivity (Wildman–Crippen MR) is 167 cm³/mol. The maximum atomic E-state index is 12.9. The fourth-order valence-corrected chi connectivity index (χ4v) is 5.15. The van der Waals surface area contributed by atoms with E-state index in [0.717, 1.165) is 63.5 Å². The molecule has 0 aliphatic rings. The third kappa shape index (κ3) is 10.1. The van der Waals surface area contributed by atoms with Crippen LogP contribution in [0.1, 0.15) is 98.5 Å². The third-order valence-electron chi connectivity index (χ3n) is 8.08. The Labute approximate surface area is 258 Å². The summed E-state index contributed by atoms with van der Waals surface area (Å²) in [5.41, 5.74) is -1.09. The molecule has 1 atom stereocenters. The molecule has 1 aromatic carbocycles. The number of pyridine rings is 1. The van der Waals surface area contributed by atoms with Crippen LogP contribution in [0, 0.1) is 16.7 Å². The first-order chi connectivity index (χ1) is 20.6. The number of alkyl halides is 3. The van der Waals surface area contributed by atoms with E-state index in [0.29, 0.717) is 24.2 Å². The van der Waals surface area contributed by atoms with Crippen molar-refractivity contribution in [2.24, 2.45) is 16.7 Å². The fraction of sp³-hybridized carbons (Fsp3) is 0.571. The molecule has 0 saturated carbocycles. The molecule has 0 N–H and O–H groups in total. The first kappa shape index (κ1) is 35.1. The molecule has 0 bridgehead atoms. The largest absolute Gasteiger partial charge is 0.475 e. The quantitative estimate of drug-likeness (QED) is 0.125. The molecule has 0 aliphatic heterocycles. The van der Waals surface area contributed by atoms with Crippen molar-refractivity contribution < 1.29 is 31.9 Å². The molecule has 2 heterocycles. The number of carbonyl (C=O) groups is 1. The number of halogens is 3. The SMILES string of the molecule is CC(CC(C)(C)C)C(C)(C)C(=O)OCCCCCCCCCOc1nccc2cc(-c3ccc(C(F)(F)F)cc3)c(=O)oc12. The van der Waals surface area contributed by atoms with Crippen LogP contribution in [-0.4, -0.2) is 24.2 Å². The number of rotatable bonds is 15. The van der Waals surface area contributed by atoms with E-state index in [1.165, 1.54) is 12.1 Å². The summed E-state index contributed by atoms with van der Waals surface area (Å²) < 4.78 is 55.6. The normalized spacial score (nSPS) is 13.2. The molecule has 6 nitrogen and oxygen atoms in total. The summed E-state index contributed by atoms with van der Waals surface area (Å²) in [5.74, 6) is 0.334. The highest BCUT2D eigenvalue weighted by atomic mass is 19.4. The molecule has 0 radical (unpaired) electrons. The molecule has 9 heteroatoms. The number of hydrogen-bond acceptors (Lipinski definition) is 6. The second kappa shape index (κ2) is 15.1. The number of ether oxygens (including phenoxy) is 2. The van der Waals surface area contributed by atoms with Crippen molar-refractivity contribution in [1.82, 2.24) is 4.98 Å². The Morgan fingerprint density at radius 1 is 0.886 bits per heavy atom. The molecular weight excluding hydrogens is 571 g/mol. The standard InChI is InChI=1S/C35H46F3NO5/c1-24(23-33(2,3)4)34(5,6)32(41)43-21-13-11-9-7-8-10-12-20-42-30-29-26(18-19-39-30)22-28(31(40)44-29)25-14-16-27(17-15-25)35(36,37)38/h14-19,22,24H,7-13,20-21,23H2,1-6H3. The lowest BCUT2D eigenvalue weighted by molar-refractivity contribution is -0.157. The Bertz CT molecular complexity index is 1420. The molecular formula is C35H46F3NO5. The Balaban J connectivity index is 1.36. The predicted octanol–water partition coefficient (Wildman–Crippen LogP) is 9.62. The molecule has 44 heavy (non-hydrogen) atoms. The van der Waals surface area contributed by atoms with Crippen molar-refractivity contribution in [2.75, 3.05) is 13.2 Å². The van der Waals surface area contributed by atoms with Gasteiger partial charge in [-0.15, -0.1) is 0 Å². The lowest BCUT2D eigenvalue weighted by Crippen LogP contribution is -2.35. The average molecular weight is 618 g/mol. The van der Waals surface area contributed by atoms with Crippen molar-refractivity contribution in [1.29, 1.82) is 0 Å². The maximum Gasteiger partial charge on any atom is 0.416 e. The summed E-state index contributed by atoms with van der Waals surface area (Å²) in [6.07, 6.45) is 4.90. The minimum atomic E-state index is -4.45. The summed E-state index contributed by atoms with van der Waals surface area (Å²) in [6.45, 7) is 13.5. The van der Waals surface area contributed by atoms with Gasteiger partial charge in [0.25, 0.3) is 5.88 Å². The summed E-state index contributed by atoms with van der Waals surface area (Å²) in [4.78, 5) is 29.5. The number of carbonyl (C=O) groups excluding carboxylic acids is 1. The lowest BCUT2D eigenvalue weighted by Gasteiger charge is -2.34. The molecule has 0 amide bonds. The zero-order valence-corrected chi connectivity index (χ0v) is 26.8. The molecule has 0 aliphatic carbocycles. The van der Waals surface area contributed by atoms with Crippen LogP contribution >= 0.6 is 0 Å². The lowest BCUT2D eigenvalue weighted by atomic mass is 9.72. The Hall–Kier alpha value is -3.36. The van der Waals surface area contributed by atoms with Gasteiger partial charge in [0.1, 0.15) is 0 Å². The van der Waals surface area contributed by atoms with E-state index >= 15 is 0 Å². The Morgan fingerprint density at radius 2 is 1.48 bits per heavy atom. The van der Waals surface area contributed by atoms with Gasteiger partial charge >= 0.3 is 17.8 Å². The van der Waals surface area contributed by atoms with E-state index in [1.54, 1.807) is 18.3 Å². The second-order valence-electron chi connectivity index (χ2n) is 13.4. The van der Waals surface area contributed by atoms with E-state index in [1.807, 2.05) is 13.8 Å². The summed E-state index contributed by atoms with van der Waals surface area (Å²) in [7, 11) is 0. The van der Waals surface area contributed by atoms with Gasteiger partial charge < -0.3 is 13.9 Å². The number of unbranched alkanes of at least 4 members (excludes halogenated alkanes) is 6. The zero-order chi connectivity index (χ0) is 32.5. The van der Waals surface area contributed by atoms with Crippen LogP contribution in [0.4, 0.5) is 13.2 Å². The Morgan fingerprint density at radius 3 is 2.07 bits per heavy atom. The van der Waals surface area contributed by atoms with Crippen LogP contribution in [0.3, 0.4) is 0 Å². The Kier molecular flexibility index (Phi) is 12.0. The van der Waals surface area contributed by atoms with Crippen molar-refractivity contribution >= 4 is 16.9 Å². The minimum absolute atomic E-state index is 0.117. The number of nitrogens with zero attached hydrogens (tertiary/aromatic N) is 1. The molecule has 0 spiro atoms. The zero-order valence-electron chi connectivity index (χ0n) is 26.8. The molecule has 0 fully saturated rings. The van der Waals surface area contributed by atoms with Crippen LogP contribution < -0.4 is 10.4 Å². The number of fused-ring (bicyclic) bond motifs is 1. The smallest absolute Gasteiger partial charge is 0.416 e. The first-order valence-electron chi connectivity index (χ1n) is 15.5. The number of benzene rings is 1. The number of esters is 1. The minimum Gasteiger partial charge on any atom is -0.475 e. The van der Waals surface area contributed by atoms with Gasteiger partial charge in [0, 0.05) is 11.6 Å². The van der Waals surface area contributed by atoms with Gasteiger partial charge in [-0.25, -0.2) is 9.78 Å². The van der Waals surface area contributed by atoms with Crippen LogP contribution in [0.5, 0.6) is 5.88 Å². The first-order valence-corrected chi connectivity index (χ1v) is 15.5. The van der Waals surface area contributed by atoms with Gasteiger partial charge in [-0.3, -0.25) is 4.79 Å². The van der Waals surface area contributed by atoms with Gasteiger partial charge in [0.2, 0.25) is 0 Å². The van der Waals surface area contributed by atoms with E-state index in [4.69, 9.17) is 13.9 Å². The molecule has 0 saturated heterocycles. The fourth-order valence-electron chi connectivity index (χ4n) is 5.15. The van der Waals surface area contributed by atoms with Crippen LogP contribution in [0.2, 0.25) is 0 Å². The van der Waals surface area contributed by atoms with Gasteiger partial charge in [-0.2, -0.15) is 13.2 Å². The monoisotopic (exact) mass is 617 g/mol. The van der Waals surface area contributed by atoms with Gasteiger partial charge in [0.05, 0.1) is 29.8 Å². The highest BCUT2D eigenvalue weighted by Gasteiger charge is 2.37. The molecule has 1 unspecified atom stereocenters. The van der Waals surface area contributed by atoms with Crippen molar-refractivity contribution in [3.05, 3.63) is 58.6 Å². The average Bonchev–Trinajstić information content (AvgIpc) is 2.94. The topological polar surface area (TPSA) is 78.6 Å². The maximum absolute atomic E-state index is 12.9. The summed E-state index contributed by atoms with van der Waals surface area (Å²) in [6, 6.07) is 7.63. The van der Waals surface area contributed by atoms with Crippen LogP contribution in [0.25, 0.3) is 22.1 Å². The van der Waals surface area contributed by atoms with Crippen molar-refractivity contribution in [3.63, 3.8) is 0 Å². The third-order valence-corrected chi connectivity index (χ3v) is 8.08. The highest BCUT2D eigenvalue weighted by Crippen LogP contribution is 2.37. The van der Waals surface area contributed by atoms with E-state index < -0.39 is 22.8 Å². The molecule has 3 aromatic rings. The van der Waals surface area contributed by atoms with Gasteiger partial charge in [0.15, 0.2) is 5.58 Å². The summed E-state index contributed by atoms with van der Waals surface area (Å²) in [5, 5.41) is 0.568. The second-order valence-corrected chi connectivity index (χ2v) is 13.4.